The summed E-state index contributed by atoms with van der Waals surface area (Å²) in [6.45, 7) is 2.46. The van der Waals surface area contributed by atoms with Crippen LogP contribution in [-0.2, 0) is 6.61 Å². The van der Waals surface area contributed by atoms with Gasteiger partial charge in [0.15, 0.2) is 5.82 Å². The standard InChI is InChI=1S/C24H19N3O/c1-19-15-24(27(26-19)22-12-6-3-7-13-22)25-17-21-11-8-14-23(16-21)28-18-20-9-4-2-5-10-20/h2-7,9-10,12-17H,18H2,1H3. The molecule has 4 aromatic rings. The fraction of sp³-hybridized carbons (Fsp3) is 0.0833. The molecule has 0 unspecified atom stereocenters. The Kier molecular flexibility index (Phi) is 5.17. The van der Waals surface area contributed by atoms with Crippen molar-refractivity contribution in [1.82, 2.24) is 9.78 Å². The van der Waals surface area contributed by atoms with E-state index in [1.165, 1.54) is 0 Å². The van der Waals surface area contributed by atoms with Crippen molar-refractivity contribution in [2.75, 3.05) is 0 Å². The number of hydrogen-bond donors (Lipinski definition) is 0. The summed E-state index contributed by atoms with van der Waals surface area (Å²) < 4.78 is 7.68. The van der Waals surface area contributed by atoms with Crippen molar-refractivity contribution in [1.29, 1.82) is 0 Å². The lowest BCUT2D eigenvalue weighted by Gasteiger charge is -2.05. The molecule has 136 valence electrons. The average molecular weight is 365 g/mol. The average Bonchev–Trinajstić information content (AvgIpc) is 3.13. The SMILES string of the molecule is Cc1cc(N=Cc2c#ccc(OCc3ccccc3)c2)n(-c2ccccc2)n1. The van der Waals surface area contributed by atoms with Crippen molar-refractivity contribution in [2.45, 2.75) is 13.5 Å². The molecule has 1 heterocycles. The van der Waals surface area contributed by atoms with Crippen molar-refractivity contribution in [2.24, 2.45) is 4.99 Å². The fourth-order valence-corrected chi connectivity index (χ4v) is 2.79. The normalized spacial score (nSPS) is 10.8. The minimum absolute atomic E-state index is 0.509. The Bertz CT molecular complexity index is 1070. The molecule has 0 aliphatic carbocycles. The molecule has 0 saturated heterocycles. The van der Waals surface area contributed by atoms with Gasteiger partial charge in [0.2, 0.25) is 0 Å². The van der Waals surface area contributed by atoms with Crippen LogP contribution in [0.1, 0.15) is 16.8 Å². The van der Waals surface area contributed by atoms with Gasteiger partial charge in [-0.15, -0.1) is 0 Å². The zero-order valence-electron chi connectivity index (χ0n) is 15.5. The van der Waals surface area contributed by atoms with Crippen LogP contribution < -0.4 is 4.74 Å². The number of nitrogens with zero attached hydrogens (tertiary/aromatic N) is 3. The maximum atomic E-state index is 5.85. The van der Waals surface area contributed by atoms with Crippen molar-refractivity contribution in [3.63, 3.8) is 0 Å². The highest BCUT2D eigenvalue weighted by Crippen LogP contribution is 2.20. The molecule has 4 rings (SSSR count). The van der Waals surface area contributed by atoms with Gasteiger partial charge in [0, 0.05) is 23.9 Å². The lowest BCUT2D eigenvalue weighted by atomic mass is 10.2. The number of hydrogen-bond acceptors (Lipinski definition) is 3. The van der Waals surface area contributed by atoms with E-state index >= 15 is 0 Å². The van der Waals surface area contributed by atoms with E-state index in [9.17, 15) is 0 Å². The topological polar surface area (TPSA) is 39.4 Å². The molecule has 0 spiro atoms. The second kappa shape index (κ2) is 8.24. The second-order valence-corrected chi connectivity index (χ2v) is 6.34. The lowest BCUT2D eigenvalue weighted by molar-refractivity contribution is 0.306. The van der Waals surface area contributed by atoms with Crippen molar-refractivity contribution >= 4 is 12.0 Å². The molecule has 4 nitrogen and oxygen atoms in total. The summed E-state index contributed by atoms with van der Waals surface area (Å²) in [4.78, 5) is 4.60. The first-order valence-electron chi connectivity index (χ1n) is 9.04. The number of aryl methyl sites for hydroxylation is 1. The summed E-state index contributed by atoms with van der Waals surface area (Å²) in [5.41, 5.74) is 3.79. The van der Waals surface area contributed by atoms with Crippen molar-refractivity contribution in [3.8, 4) is 11.4 Å². The molecule has 0 aliphatic heterocycles. The molecule has 4 heteroatoms. The summed E-state index contributed by atoms with van der Waals surface area (Å²) in [7, 11) is 0. The Morgan fingerprint density at radius 3 is 2.57 bits per heavy atom. The van der Waals surface area contributed by atoms with Gasteiger partial charge in [-0.25, -0.2) is 9.67 Å². The molecule has 0 fully saturated rings. The number of para-hydroxylation sites is 1. The summed E-state index contributed by atoms with van der Waals surface area (Å²) in [6, 6.07) is 31.7. The maximum absolute atomic E-state index is 5.85. The maximum Gasteiger partial charge on any atom is 0.155 e. The highest BCUT2D eigenvalue weighted by molar-refractivity contribution is 5.81. The van der Waals surface area contributed by atoms with Crippen LogP contribution in [0, 0.1) is 19.1 Å². The molecule has 0 saturated carbocycles. The van der Waals surface area contributed by atoms with Crippen LogP contribution in [0.3, 0.4) is 0 Å². The Balaban J connectivity index is 1.51. The molecular weight excluding hydrogens is 346 g/mol. The van der Waals surface area contributed by atoms with E-state index in [0.29, 0.717) is 6.61 Å². The Labute approximate surface area is 164 Å². The molecule has 0 N–H and O–H groups in total. The van der Waals surface area contributed by atoms with Crippen molar-refractivity contribution < 1.29 is 4.74 Å². The van der Waals surface area contributed by atoms with Crippen LogP contribution in [0.4, 0.5) is 5.82 Å². The van der Waals surface area contributed by atoms with E-state index in [2.05, 4.69) is 22.2 Å². The predicted octanol–water partition coefficient (Wildman–Crippen LogP) is 5.11. The smallest absolute Gasteiger partial charge is 0.155 e. The quantitative estimate of drug-likeness (QED) is 0.445. The van der Waals surface area contributed by atoms with E-state index in [1.807, 2.05) is 84.4 Å². The second-order valence-electron chi connectivity index (χ2n) is 6.34. The number of benzene rings is 2. The molecular formula is C24H19N3O. The third kappa shape index (κ3) is 4.28. The summed E-state index contributed by atoms with van der Waals surface area (Å²) in [5.74, 6) is 1.49. The Morgan fingerprint density at radius 2 is 1.79 bits per heavy atom. The minimum Gasteiger partial charge on any atom is -0.488 e. The molecule has 0 amide bonds. The molecule has 28 heavy (non-hydrogen) atoms. The van der Waals surface area contributed by atoms with Gasteiger partial charge in [-0.3, -0.25) is 0 Å². The molecule has 3 aromatic carbocycles. The molecule has 0 atom stereocenters. The van der Waals surface area contributed by atoms with Crippen LogP contribution in [0.25, 0.3) is 5.69 Å². The van der Waals surface area contributed by atoms with E-state index in [-0.39, 0.29) is 0 Å². The third-order valence-corrected chi connectivity index (χ3v) is 4.13. The Hall–Kier alpha value is -3.84. The first kappa shape index (κ1) is 17.6. The fourth-order valence-electron chi connectivity index (χ4n) is 2.79. The van der Waals surface area contributed by atoms with Gasteiger partial charge >= 0.3 is 0 Å². The zero-order chi connectivity index (χ0) is 19.2. The zero-order valence-corrected chi connectivity index (χ0v) is 15.5. The molecule has 1 aromatic heterocycles. The van der Waals surface area contributed by atoms with Gasteiger partial charge in [0.05, 0.1) is 11.4 Å². The number of aliphatic imine (C=N–C) groups is 1. The first-order chi connectivity index (χ1) is 13.8. The lowest BCUT2D eigenvalue weighted by Crippen LogP contribution is -1.96. The van der Waals surface area contributed by atoms with E-state index in [1.54, 1.807) is 12.3 Å². The van der Waals surface area contributed by atoms with Crippen LogP contribution in [0.15, 0.2) is 83.9 Å². The van der Waals surface area contributed by atoms with E-state index < -0.39 is 0 Å². The van der Waals surface area contributed by atoms with E-state index in [0.717, 1.165) is 34.1 Å². The summed E-state index contributed by atoms with van der Waals surface area (Å²) in [6.07, 6.45) is 1.75. The predicted molar refractivity (Wildman–Crippen MR) is 110 cm³/mol. The van der Waals surface area contributed by atoms with Gasteiger partial charge in [-0.2, -0.15) is 5.10 Å². The highest BCUT2D eigenvalue weighted by atomic mass is 16.5. The first-order valence-corrected chi connectivity index (χ1v) is 9.04. The van der Waals surface area contributed by atoms with Crippen LogP contribution in [0.5, 0.6) is 5.75 Å². The van der Waals surface area contributed by atoms with Gasteiger partial charge in [-0.05, 0) is 30.7 Å². The monoisotopic (exact) mass is 365 g/mol. The van der Waals surface area contributed by atoms with Crippen LogP contribution >= 0.6 is 0 Å². The summed E-state index contributed by atoms with van der Waals surface area (Å²) >= 11 is 0. The minimum atomic E-state index is 0.509. The van der Waals surface area contributed by atoms with Gasteiger partial charge in [-0.1, -0.05) is 60.7 Å². The third-order valence-electron chi connectivity index (χ3n) is 4.13. The summed E-state index contributed by atoms with van der Waals surface area (Å²) in [5, 5.41) is 4.53. The van der Waals surface area contributed by atoms with E-state index in [4.69, 9.17) is 4.74 Å². The molecule has 0 radical (unpaired) electrons. The van der Waals surface area contributed by atoms with Crippen LogP contribution in [-0.4, -0.2) is 16.0 Å². The number of aromatic nitrogens is 2. The van der Waals surface area contributed by atoms with Gasteiger partial charge in [0.25, 0.3) is 0 Å². The molecule has 0 bridgehead atoms. The number of rotatable bonds is 6. The van der Waals surface area contributed by atoms with Gasteiger partial charge < -0.3 is 4.74 Å². The Morgan fingerprint density at radius 1 is 1.04 bits per heavy atom. The van der Waals surface area contributed by atoms with Gasteiger partial charge in [0.1, 0.15) is 12.4 Å². The van der Waals surface area contributed by atoms with Crippen LogP contribution in [0.2, 0.25) is 0 Å². The molecule has 0 aliphatic rings. The largest absolute Gasteiger partial charge is 0.488 e. The highest BCUT2D eigenvalue weighted by Gasteiger charge is 2.05. The number of ether oxygens (including phenoxy) is 1. The van der Waals surface area contributed by atoms with Crippen molar-refractivity contribution in [3.05, 3.63) is 108 Å².